The zero-order chi connectivity index (χ0) is 21.3. The second kappa shape index (κ2) is 7.90. The number of nitrogens with one attached hydrogen (secondary N) is 1. The molecular formula is C22H18F2N4O2. The van der Waals surface area contributed by atoms with Crippen LogP contribution in [0.5, 0.6) is 0 Å². The van der Waals surface area contributed by atoms with E-state index >= 15 is 0 Å². The summed E-state index contributed by atoms with van der Waals surface area (Å²) in [6.45, 7) is 4.30. The van der Waals surface area contributed by atoms with E-state index in [2.05, 4.69) is 15.4 Å². The normalized spacial score (nSPS) is 10.9. The van der Waals surface area contributed by atoms with Crippen LogP contribution in [0.15, 0.2) is 59.3 Å². The molecule has 2 aromatic carbocycles. The number of rotatable bonds is 5. The number of anilines is 1. The summed E-state index contributed by atoms with van der Waals surface area (Å²) in [6.07, 6.45) is 3.70. The van der Waals surface area contributed by atoms with Crippen molar-refractivity contribution in [2.75, 3.05) is 5.32 Å². The molecule has 2 aromatic heterocycles. The van der Waals surface area contributed by atoms with Crippen LogP contribution < -0.4 is 5.32 Å². The largest absolute Gasteiger partial charge is 0.441 e. The van der Waals surface area contributed by atoms with Gasteiger partial charge in [0.1, 0.15) is 23.1 Å². The predicted molar refractivity (Wildman–Crippen MR) is 107 cm³/mol. The Bertz CT molecular complexity index is 1210. The van der Waals surface area contributed by atoms with Crippen molar-refractivity contribution in [1.29, 1.82) is 0 Å². The Morgan fingerprint density at radius 1 is 1.13 bits per heavy atom. The zero-order valence-electron chi connectivity index (χ0n) is 16.3. The van der Waals surface area contributed by atoms with Gasteiger partial charge in [-0.3, -0.25) is 9.48 Å². The monoisotopic (exact) mass is 408 g/mol. The van der Waals surface area contributed by atoms with Crippen molar-refractivity contribution in [3.63, 3.8) is 0 Å². The third-order valence-corrected chi connectivity index (χ3v) is 4.53. The second-order valence-corrected chi connectivity index (χ2v) is 6.89. The number of carbonyl (C=O) groups is 1. The highest BCUT2D eigenvalue weighted by Crippen LogP contribution is 2.24. The number of amides is 1. The van der Waals surface area contributed by atoms with Crippen molar-refractivity contribution < 1.29 is 18.0 Å². The maximum absolute atomic E-state index is 13.8. The SMILES string of the molecule is Cc1cnn(Cc2nc(-c3ccc(NC(=O)c4cc(F)ccc4F)cc3)oc2C)c1. The number of aromatic nitrogens is 3. The maximum Gasteiger partial charge on any atom is 0.258 e. The summed E-state index contributed by atoms with van der Waals surface area (Å²) in [5.41, 5.74) is 2.62. The van der Waals surface area contributed by atoms with Gasteiger partial charge in [0.2, 0.25) is 5.89 Å². The third kappa shape index (κ3) is 4.12. The van der Waals surface area contributed by atoms with Crippen LogP contribution in [-0.2, 0) is 6.54 Å². The minimum Gasteiger partial charge on any atom is -0.441 e. The molecule has 0 radical (unpaired) electrons. The van der Waals surface area contributed by atoms with Crippen molar-refractivity contribution in [2.24, 2.45) is 0 Å². The molecule has 152 valence electrons. The molecule has 2 heterocycles. The van der Waals surface area contributed by atoms with Gasteiger partial charge in [0, 0.05) is 17.4 Å². The van der Waals surface area contributed by atoms with Crippen LogP contribution in [0.3, 0.4) is 0 Å². The molecule has 4 rings (SSSR count). The van der Waals surface area contributed by atoms with Crippen molar-refractivity contribution in [3.8, 4) is 11.5 Å². The summed E-state index contributed by atoms with van der Waals surface area (Å²) in [7, 11) is 0. The van der Waals surface area contributed by atoms with Gasteiger partial charge in [-0.25, -0.2) is 13.8 Å². The Labute approximate surface area is 171 Å². The van der Waals surface area contributed by atoms with Crippen LogP contribution in [0.4, 0.5) is 14.5 Å². The Morgan fingerprint density at radius 3 is 2.60 bits per heavy atom. The lowest BCUT2D eigenvalue weighted by Gasteiger charge is -2.07. The minimum atomic E-state index is -0.791. The van der Waals surface area contributed by atoms with Gasteiger partial charge in [0.05, 0.1) is 18.3 Å². The number of halogens is 2. The molecule has 0 aliphatic carbocycles. The summed E-state index contributed by atoms with van der Waals surface area (Å²) in [5, 5.41) is 6.80. The number of carbonyl (C=O) groups excluding carboxylic acids is 1. The van der Waals surface area contributed by atoms with E-state index in [1.807, 2.05) is 20.0 Å². The molecule has 0 unspecified atom stereocenters. The van der Waals surface area contributed by atoms with Gasteiger partial charge >= 0.3 is 0 Å². The number of hydrogen-bond acceptors (Lipinski definition) is 4. The van der Waals surface area contributed by atoms with Crippen molar-refractivity contribution in [1.82, 2.24) is 14.8 Å². The molecule has 0 fully saturated rings. The first-order chi connectivity index (χ1) is 14.4. The molecule has 0 saturated carbocycles. The van der Waals surface area contributed by atoms with Gasteiger partial charge in [0.15, 0.2) is 0 Å². The average molecular weight is 408 g/mol. The van der Waals surface area contributed by atoms with Crippen molar-refractivity contribution in [2.45, 2.75) is 20.4 Å². The van der Waals surface area contributed by atoms with Crippen molar-refractivity contribution >= 4 is 11.6 Å². The summed E-state index contributed by atoms with van der Waals surface area (Å²) >= 11 is 0. The average Bonchev–Trinajstić information content (AvgIpc) is 3.30. The van der Waals surface area contributed by atoms with Crippen LogP contribution in [0.25, 0.3) is 11.5 Å². The molecule has 0 bridgehead atoms. The summed E-state index contributed by atoms with van der Waals surface area (Å²) < 4.78 is 34.6. The first-order valence-corrected chi connectivity index (χ1v) is 9.21. The quantitative estimate of drug-likeness (QED) is 0.518. The molecule has 0 spiro atoms. The van der Waals surface area contributed by atoms with Crippen LogP contribution in [0, 0.1) is 25.5 Å². The summed E-state index contributed by atoms with van der Waals surface area (Å²) in [6, 6.07) is 9.47. The van der Waals surface area contributed by atoms with E-state index < -0.39 is 17.5 Å². The number of nitrogens with zero attached hydrogens (tertiary/aromatic N) is 3. The molecule has 30 heavy (non-hydrogen) atoms. The Hall–Kier alpha value is -3.81. The number of aryl methyl sites for hydroxylation is 2. The van der Waals surface area contributed by atoms with Gasteiger partial charge in [0.25, 0.3) is 5.91 Å². The fraction of sp³-hybridized carbons (Fsp3) is 0.136. The number of oxazole rings is 1. The molecule has 4 aromatic rings. The fourth-order valence-electron chi connectivity index (χ4n) is 2.97. The molecule has 0 aliphatic heterocycles. The van der Waals surface area contributed by atoms with E-state index in [9.17, 15) is 13.6 Å². The fourth-order valence-corrected chi connectivity index (χ4v) is 2.97. The zero-order valence-corrected chi connectivity index (χ0v) is 16.3. The molecular weight excluding hydrogens is 390 g/mol. The molecule has 1 N–H and O–H groups in total. The van der Waals surface area contributed by atoms with E-state index in [-0.39, 0.29) is 5.56 Å². The van der Waals surface area contributed by atoms with Crippen LogP contribution in [0.2, 0.25) is 0 Å². The lowest BCUT2D eigenvalue weighted by Crippen LogP contribution is -2.14. The van der Waals surface area contributed by atoms with Gasteiger partial charge in [-0.05, 0) is 61.9 Å². The van der Waals surface area contributed by atoms with Gasteiger partial charge < -0.3 is 9.73 Å². The lowest BCUT2D eigenvalue weighted by molar-refractivity contribution is 0.102. The smallest absolute Gasteiger partial charge is 0.258 e. The summed E-state index contributed by atoms with van der Waals surface area (Å²) in [5.74, 6) is -1.07. The number of benzene rings is 2. The molecule has 6 nitrogen and oxygen atoms in total. The number of hydrogen-bond donors (Lipinski definition) is 1. The van der Waals surface area contributed by atoms with E-state index in [1.165, 1.54) is 0 Å². The highest BCUT2D eigenvalue weighted by atomic mass is 19.1. The third-order valence-electron chi connectivity index (χ3n) is 4.53. The molecule has 0 saturated heterocycles. The molecule has 1 amide bonds. The van der Waals surface area contributed by atoms with E-state index in [0.717, 1.165) is 35.0 Å². The van der Waals surface area contributed by atoms with Crippen molar-refractivity contribution in [3.05, 3.63) is 89.1 Å². The summed E-state index contributed by atoms with van der Waals surface area (Å²) in [4.78, 5) is 16.7. The Morgan fingerprint density at radius 2 is 1.90 bits per heavy atom. The molecule has 8 heteroatoms. The van der Waals surface area contributed by atoms with E-state index in [1.54, 1.807) is 35.1 Å². The standard InChI is InChI=1S/C22H18F2N4O2/c1-13-10-25-28(11-13)12-20-14(2)30-22(27-20)15-3-6-17(7-4-15)26-21(29)18-9-16(23)5-8-19(18)24/h3-11H,12H2,1-2H3,(H,26,29). The highest BCUT2D eigenvalue weighted by Gasteiger charge is 2.15. The van der Waals surface area contributed by atoms with Gasteiger partial charge in [-0.2, -0.15) is 5.10 Å². The predicted octanol–water partition coefficient (Wildman–Crippen LogP) is 4.73. The van der Waals surface area contributed by atoms with Gasteiger partial charge in [-0.1, -0.05) is 0 Å². The Kier molecular flexibility index (Phi) is 5.14. The molecule has 0 aliphatic rings. The maximum atomic E-state index is 13.8. The van der Waals surface area contributed by atoms with Crippen LogP contribution in [-0.4, -0.2) is 20.7 Å². The van der Waals surface area contributed by atoms with E-state index in [4.69, 9.17) is 4.42 Å². The van der Waals surface area contributed by atoms with Crippen LogP contribution in [0.1, 0.15) is 27.4 Å². The van der Waals surface area contributed by atoms with E-state index in [0.29, 0.717) is 23.9 Å². The topological polar surface area (TPSA) is 73.0 Å². The first-order valence-electron chi connectivity index (χ1n) is 9.21. The highest BCUT2D eigenvalue weighted by molar-refractivity contribution is 6.04. The Balaban J connectivity index is 1.49. The lowest BCUT2D eigenvalue weighted by atomic mass is 10.1. The first kappa shape index (κ1) is 19.5. The minimum absolute atomic E-state index is 0.360. The van der Waals surface area contributed by atoms with Crippen LogP contribution >= 0.6 is 0 Å². The molecule has 0 atom stereocenters. The van der Waals surface area contributed by atoms with Gasteiger partial charge in [-0.15, -0.1) is 0 Å². The second-order valence-electron chi connectivity index (χ2n) is 6.89.